The van der Waals surface area contributed by atoms with Crippen molar-refractivity contribution in [1.29, 1.82) is 0 Å². The minimum atomic E-state index is 0.829. The number of pyridine rings is 1. The van der Waals surface area contributed by atoms with Crippen molar-refractivity contribution in [2.45, 2.75) is 25.7 Å². The Morgan fingerprint density at radius 3 is 2.76 bits per heavy atom. The molecule has 3 heterocycles. The van der Waals surface area contributed by atoms with Crippen LogP contribution in [0.15, 0.2) is 30.6 Å². The molecule has 0 saturated carbocycles. The number of rotatable bonds is 2. The fourth-order valence-electron chi connectivity index (χ4n) is 2.96. The smallest absolute Gasteiger partial charge is 0.158 e. The van der Waals surface area contributed by atoms with Gasteiger partial charge in [0.25, 0.3) is 0 Å². The highest BCUT2D eigenvalue weighted by molar-refractivity contribution is 5.66. The van der Waals surface area contributed by atoms with Crippen molar-refractivity contribution in [2.24, 2.45) is 5.84 Å². The monoisotopic (exact) mass is 280 g/mol. The summed E-state index contributed by atoms with van der Waals surface area (Å²) in [6.07, 6.45) is 7.90. The number of nitrogen functional groups attached to an aromatic ring is 1. The van der Waals surface area contributed by atoms with Crippen LogP contribution in [-0.2, 0) is 12.8 Å². The zero-order valence-electron chi connectivity index (χ0n) is 11.6. The molecule has 6 heteroatoms. The normalized spacial score (nSPS) is 14.1. The van der Waals surface area contributed by atoms with Gasteiger partial charge in [0.2, 0.25) is 0 Å². The van der Waals surface area contributed by atoms with Gasteiger partial charge in [-0.2, -0.15) is 9.61 Å². The molecule has 6 nitrogen and oxygen atoms in total. The van der Waals surface area contributed by atoms with Crippen LogP contribution in [-0.4, -0.2) is 19.6 Å². The summed E-state index contributed by atoms with van der Waals surface area (Å²) in [6, 6.07) is 5.87. The molecule has 0 saturated heterocycles. The van der Waals surface area contributed by atoms with E-state index in [1.165, 1.54) is 18.4 Å². The van der Waals surface area contributed by atoms with Crippen LogP contribution in [0.5, 0.6) is 0 Å². The SMILES string of the molecule is NNc1c2c(nc3cc(-c4ccncc4)nn13)CCCC2. The van der Waals surface area contributed by atoms with Crippen LogP contribution in [0.2, 0.25) is 0 Å². The molecule has 0 spiro atoms. The van der Waals surface area contributed by atoms with Crippen LogP contribution in [0.3, 0.4) is 0 Å². The Morgan fingerprint density at radius 1 is 1.14 bits per heavy atom. The van der Waals surface area contributed by atoms with Gasteiger partial charge < -0.3 is 5.43 Å². The average Bonchev–Trinajstić information content (AvgIpc) is 2.97. The van der Waals surface area contributed by atoms with Crippen LogP contribution in [0.4, 0.5) is 5.82 Å². The summed E-state index contributed by atoms with van der Waals surface area (Å²) in [5.74, 6) is 6.60. The summed E-state index contributed by atoms with van der Waals surface area (Å²) < 4.78 is 1.81. The predicted octanol–water partition coefficient (Wildman–Crippen LogP) is 1.96. The fraction of sp³-hybridized carbons (Fsp3) is 0.267. The van der Waals surface area contributed by atoms with Crippen molar-refractivity contribution in [3.63, 3.8) is 0 Å². The number of hydrazine groups is 1. The van der Waals surface area contributed by atoms with E-state index in [0.29, 0.717) is 0 Å². The number of fused-ring (bicyclic) bond motifs is 2. The van der Waals surface area contributed by atoms with E-state index in [2.05, 4.69) is 15.5 Å². The molecule has 0 aromatic carbocycles. The zero-order chi connectivity index (χ0) is 14.2. The molecule has 4 rings (SSSR count). The maximum Gasteiger partial charge on any atom is 0.158 e. The van der Waals surface area contributed by atoms with Gasteiger partial charge >= 0.3 is 0 Å². The highest BCUT2D eigenvalue weighted by Crippen LogP contribution is 2.29. The molecule has 3 aromatic rings. The molecule has 1 aliphatic rings. The van der Waals surface area contributed by atoms with Gasteiger partial charge in [-0.25, -0.2) is 10.8 Å². The molecule has 0 fully saturated rings. The molecule has 0 radical (unpaired) electrons. The number of nitrogens with zero attached hydrogens (tertiary/aromatic N) is 4. The fourth-order valence-corrected chi connectivity index (χ4v) is 2.96. The van der Waals surface area contributed by atoms with E-state index in [9.17, 15) is 0 Å². The van der Waals surface area contributed by atoms with Gasteiger partial charge in [-0.15, -0.1) is 0 Å². The Hall–Kier alpha value is -2.47. The maximum atomic E-state index is 5.74. The van der Waals surface area contributed by atoms with Crippen molar-refractivity contribution in [2.75, 3.05) is 5.43 Å². The van der Waals surface area contributed by atoms with Crippen LogP contribution >= 0.6 is 0 Å². The molecule has 3 aromatic heterocycles. The van der Waals surface area contributed by atoms with Crippen molar-refractivity contribution in [1.82, 2.24) is 19.6 Å². The summed E-state index contributed by atoms with van der Waals surface area (Å²) in [5, 5.41) is 4.65. The van der Waals surface area contributed by atoms with Crippen LogP contribution in [0.25, 0.3) is 16.9 Å². The van der Waals surface area contributed by atoms with E-state index < -0.39 is 0 Å². The van der Waals surface area contributed by atoms with Crippen LogP contribution in [0, 0.1) is 0 Å². The van der Waals surface area contributed by atoms with E-state index in [4.69, 9.17) is 10.8 Å². The van der Waals surface area contributed by atoms with Crippen LogP contribution in [0.1, 0.15) is 24.1 Å². The largest absolute Gasteiger partial charge is 0.308 e. The van der Waals surface area contributed by atoms with E-state index in [1.54, 1.807) is 16.9 Å². The number of nitrogens with one attached hydrogen (secondary N) is 1. The van der Waals surface area contributed by atoms with Crippen molar-refractivity contribution < 1.29 is 0 Å². The molecule has 0 amide bonds. The second-order valence-electron chi connectivity index (χ2n) is 5.27. The van der Waals surface area contributed by atoms with Crippen molar-refractivity contribution in [3.8, 4) is 11.3 Å². The van der Waals surface area contributed by atoms with E-state index >= 15 is 0 Å². The summed E-state index contributed by atoms with van der Waals surface area (Å²) in [7, 11) is 0. The van der Waals surface area contributed by atoms with Gasteiger partial charge in [0.1, 0.15) is 5.82 Å². The predicted molar refractivity (Wildman–Crippen MR) is 80.7 cm³/mol. The third-order valence-electron chi connectivity index (χ3n) is 3.99. The zero-order valence-corrected chi connectivity index (χ0v) is 11.6. The van der Waals surface area contributed by atoms with E-state index in [-0.39, 0.29) is 0 Å². The van der Waals surface area contributed by atoms with Gasteiger partial charge in [-0.05, 0) is 37.8 Å². The molecule has 106 valence electrons. The molecule has 0 unspecified atom stereocenters. The lowest BCUT2D eigenvalue weighted by atomic mass is 9.96. The van der Waals surface area contributed by atoms with Gasteiger partial charge in [0.05, 0.1) is 5.69 Å². The third kappa shape index (κ3) is 1.95. The standard InChI is InChI=1S/C15H16N6/c16-19-15-11-3-1-2-4-12(11)18-14-9-13(20-21(14)15)10-5-7-17-8-6-10/h5-9,19H,1-4,16H2. The number of hydrogen-bond acceptors (Lipinski definition) is 5. The summed E-state index contributed by atoms with van der Waals surface area (Å²) in [5.41, 5.74) is 7.88. The molecule has 0 aliphatic heterocycles. The third-order valence-corrected chi connectivity index (χ3v) is 3.99. The lowest BCUT2D eigenvalue weighted by Gasteiger charge is -2.18. The Bertz CT molecular complexity index is 793. The van der Waals surface area contributed by atoms with Gasteiger partial charge in [-0.1, -0.05) is 0 Å². The Morgan fingerprint density at radius 2 is 1.95 bits per heavy atom. The highest BCUT2D eigenvalue weighted by Gasteiger charge is 2.19. The minimum absolute atomic E-state index is 0.829. The first kappa shape index (κ1) is 12.3. The maximum absolute atomic E-state index is 5.74. The quantitative estimate of drug-likeness (QED) is 0.554. The summed E-state index contributed by atoms with van der Waals surface area (Å²) >= 11 is 0. The molecule has 0 bridgehead atoms. The Labute approximate surface area is 122 Å². The first-order chi connectivity index (χ1) is 10.4. The summed E-state index contributed by atoms with van der Waals surface area (Å²) in [6.45, 7) is 0. The number of nitrogens with two attached hydrogens (primary N) is 1. The number of hydrogen-bond donors (Lipinski definition) is 2. The topological polar surface area (TPSA) is 81.1 Å². The molecular weight excluding hydrogens is 264 g/mol. The van der Waals surface area contributed by atoms with E-state index in [1.807, 2.05) is 18.2 Å². The lowest BCUT2D eigenvalue weighted by Crippen LogP contribution is -2.18. The number of aryl methyl sites for hydroxylation is 1. The van der Waals surface area contributed by atoms with Gasteiger partial charge in [-0.3, -0.25) is 4.98 Å². The Kier molecular flexibility index (Phi) is 2.82. The second kappa shape index (κ2) is 4.82. The number of anilines is 1. The molecular formula is C15H16N6. The molecule has 21 heavy (non-hydrogen) atoms. The Balaban J connectivity index is 1.95. The minimum Gasteiger partial charge on any atom is -0.308 e. The average molecular weight is 280 g/mol. The molecule has 3 N–H and O–H groups in total. The van der Waals surface area contributed by atoms with Crippen molar-refractivity contribution >= 4 is 11.5 Å². The first-order valence-corrected chi connectivity index (χ1v) is 7.15. The molecule has 1 aliphatic carbocycles. The number of aromatic nitrogens is 4. The second-order valence-corrected chi connectivity index (χ2v) is 5.27. The van der Waals surface area contributed by atoms with Crippen molar-refractivity contribution in [3.05, 3.63) is 41.9 Å². The van der Waals surface area contributed by atoms with Gasteiger partial charge in [0, 0.05) is 35.3 Å². The lowest BCUT2D eigenvalue weighted by molar-refractivity contribution is 0.661. The first-order valence-electron chi connectivity index (χ1n) is 7.15. The molecule has 0 atom stereocenters. The van der Waals surface area contributed by atoms with Gasteiger partial charge in [0.15, 0.2) is 5.65 Å². The highest BCUT2D eigenvalue weighted by atomic mass is 15.4. The van der Waals surface area contributed by atoms with Crippen LogP contribution < -0.4 is 11.3 Å². The summed E-state index contributed by atoms with van der Waals surface area (Å²) in [4.78, 5) is 8.80. The van der Waals surface area contributed by atoms with E-state index in [0.717, 1.165) is 41.3 Å².